The summed E-state index contributed by atoms with van der Waals surface area (Å²) in [6.07, 6.45) is 0. The van der Waals surface area contributed by atoms with Gasteiger partial charge < -0.3 is 15.4 Å². The van der Waals surface area contributed by atoms with Crippen LogP contribution in [0.5, 0.6) is 0 Å². The molecule has 2 amide bonds. The van der Waals surface area contributed by atoms with Crippen LogP contribution in [0.4, 0.5) is 5.69 Å². The quantitative estimate of drug-likeness (QED) is 0.732. The molecule has 0 aliphatic rings. The lowest BCUT2D eigenvalue weighted by Gasteiger charge is -2.18. The highest BCUT2D eigenvalue weighted by molar-refractivity contribution is 5.96. The van der Waals surface area contributed by atoms with E-state index in [0.29, 0.717) is 5.56 Å². The topological polar surface area (TPSA) is 84.5 Å². The lowest BCUT2D eigenvalue weighted by Crippen LogP contribution is -2.35. The van der Waals surface area contributed by atoms with Gasteiger partial charge in [0.1, 0.15) is 0 Å². The second-order valence-corrected chi connectivity index (χ2v) is 8.00. The van der Waals surface area contributed by atoms with Crippen molar-refractivity contribution in [3.8, 4) is 0 Å². The second-order valence-electron chi connectivity index (χ2n) is 8.00. The van der Waals surface area contributed by atoms with E-state index in [1.54, 1.807) is 12.1 Å². The number of carbonyl (C=O) groups is 3. The van der Waals surface area contributed by atoms with Crippen molar-refractivity contribution < 1.29 is 19.1 Å². The summed E-state index contributed by atoms with van der Waals surface area (Å²) in [7, 11) is 0. The third-order valence-corrected chi connectivity index (χ3v) is 4.51. The fraction of sp³-hybridized carbons (Fsp3) is 0.348. The number of para-hydroxylation sites is 1. The Labute approximate surface area is 171 Å². The van der Waals surface area contributed by atoms with Crippen LogP contribution in [0.25, 0.3) is 0 Å². The normalized spacial score (nSPS) is 10.9. The van der Waals surface area contributed by atoms with Gasteiger partial charge in [-0.05, 0) is 48.1 Å². The number of rotatable bonds is 6. The average Bonchev–Trinajstić information content (AvgIpc) is 2.67. The Kier molecular flexibility index (Phi) is 7.15. The van der Waals surface area contributed by atoms with Gasteiger partial charge in [0.25, 0.3) is 5.91 Å². The van der Waals surface area contributed by atoms with E-state index in [2.05, 4.69) is 31.4 Å². The van der Waals surface area contributed by atoms with Gasteiger partial charge in [-0.15, -0.1) is 0 Å². The van der Waals surface area contributed by atoms with E-state index in [1.807, 2.05) is 44.2 Å². The molecule has 2 N–H and O–H groups in total. The minimum atomic E-state index is -0.583. The van der Waals surface area contributed by atoms with Crippen molar-refractivity contribution in [2.75, 3.05) is 18.5 Å². The maximum absolute atomic E-state index is 12.1. The van der Waals surface area contributed by atoms with E-state index in [0.717, 1.165) is 22.4 Å². The highest BCUT2D eigenvalue weighted by Gasteiger charge is 2.16. The number of hydrogen-bond donors (Lipinski definition) is 2. The molecule has 29 heavy (non-hydrogen) atoms. The molecule has 2 aromatic carbocycles. The van der Waals surface area contributed by atoms with E-state index >= 15 is 0 Å². The molecule has 0 aliphatic carbocycles. The SMILES string of the molecule is Cc1cccc(C)c1NC(=O)CNC(=O)COC(=O)c1ccc(C(C)(C)C)cc1. The van der Waals surface area contributed by atoms with E-state index in [-0.39, 0.29) is 17.9 Å². The van der Waals surface area contributed by atoms with Crippen LogP contribution in [-0.4, -0.2) is 30.9 Å². The molecule has 0 spiro atoms. The predicted octanol–water partition coefficient (Wildman–Crippen LogP) is 3.51. The van der Waals surface area contributed by atoms with E-state index in [4.69, 9.17) is 4.74 Å². The highest BCUT2D eigenvalue weighted by atomic mass is 16.5. The standard InChI is InChI=1S/C23H28N2O4/c1-15-7-6-8-16(2)21(15)25-19(26)13-24-20(27)14-29-22(28)17-9-11-18(12-10-17)23(3,4)5/h6-12H,13-14H2,1-5H3,(H,24,27)(H,25,26). The number of benzene rings is 2. The smallest absolute Gasteiger partial charge is 0.338 e. The number of nitrogens with one attached hydrogen (secondary N) is 2. The third kappa shape index (κ3) is 6.45. The number of amides is 2. The Morgan fingerprint density at radius 3 is 2.03 bits per heavy atom. The summed E-state index contributed by atoms with van der Waals surface area (Å²) in [4.78, 5) is 36.0. The van der Waals surface area contributed by atoms with Gasteiger partial charge in [-0.3, -0.25) is 9.59 Å². The van der Waals surface area contributed by atoms with Gasteiger partial charge in [0, 0.05) is 5.69 Å². The molecule has 6 heteroatoms. The van der Waals surface area contributed by atoms with Crippen molar-refractivity contribution in [2.24, 2.45) is 0 Å². The van der Waals surface area contributed by atoms with Gasteiger partial charge in [0.05, 0.1) is 12.1 Å². The first-order chi connectivity index (χ1) is 13.6. The Bertz CT molecular complexity index is 876. The molecule has 0 bridgehead atoms. The monoisotopic (exact) mass is 396 g/mol. The molecule has 0 atom stereocenters. The van der Waals surface area contributed by atoms with Crippen molar-refractivity contribution in [1.82, 2.24) is 5.32 Å². The van der Waals surface area contributed by atoms with Crippen LogP contribution in [0, 0.1) is 13.8 Å². The number of esters is 1. The predicted molar refractivity (Wildman–Crippen MR) is 113 cm³/mol. The maximum Gasteiger partial charge on any atom is 0.338 e. The summed E-state index contributed by atoms with van der Waals surface area (Å²) in [6, 6.07) is 12.8. The lowest BCUT2D eigenvalue weighted by atomic mass is 9.87. The fourth-order valence-corrected chi connectivity index (χ4v) is 2.75. The summed E-state index contributed by atoms with van der Waals surface area (Å²) in [5.41, 5.74) is 4.07. The molecule has 0 saturated carbocycles. The van der Waals surface area contributed by atoms with Crippen LogP contribution >= 0.6 is 0 Å². The van der Waals surface area contributed by atoms with Crippen LogP contribution in [0.1, 0.15) is 47.8 Å². The zero-order chi connectivity index (χ0) is 21.6. The minimum Gasteiger partial charge on any atom is -0.452 e. The molecule has 0 aliphatic heterocycles. The molecule has 2 aromatic rings. The highest BCUT2D eigenvalue weighted by Crippen LogP contribution is 2.22. The summed E-state index contributed by atoms with van der Waals surface area (Å²) in [5.74, 6) is -1.47. The maximum atomic E-state index is 12.1. The minimum absolute atomic E-state index is 0.0142. The molecule has 0 unspecified atom stereocenters. The van der Waals surface area contributed by atoms with Gasteiger partial charge >= 0.3 is 5.97 Å². The van der Waals surface area contributed by atoms with Crippen molar-refractivity contribution in [3.05, 3.63) is 64.7 Å². The summed E-state index contributed by atoms with van der Waals surface area (Å²) in [6.45, 7) is 9.40. The van der Waals surface area contributed by atoms with E-state index in [1.165, 1.54) is 0 Å². The largest absolute Gasteiger partial charge is 0.452 e. The summed E-state index contributed by atoms with van der Waals surface area (Å²) < 4.78 is 5.02. The molecule has 154 valence electrons. The van der Waals surface area contributed by atoms with Crippen LogP contribution in [0.2, 0.25) is 0 Å². The molecule has 0 radical (unpaired) electrons. The Morgan fingerprint density at radius 2 is 1.48 bits per heavy atom. The molecule has 6 nitrogen and oxygen atoms in total. The van der Waals surface area contributed by atoms with Crippen LogP contribution in [-0.2, 0) is 19.7 Å². The number of anilines is 1. The van der Waals surface area contributed by atoms with E-state index < -0.39 is 18.5 Å². The summed E-state index contributed by atoms with van der Waals surface area (Å²) >= 11 is 0. The first kappa shape index (κ1) is 22.1. The molecular weight excluding hydrogens is 368 g/mol. The van der Waals surface area contributed by atoms with Crippen molar-refractivity contribution in [1.29, 1.82) is 0 Å². The second kappa shape index (κ2) is 9.37. The Hall–Kier alpha value is -3.15. The van der Waals surface area contributed by atoms with Crippen LogP contribution in [0.15, 0.2) is 42.5 Å². The van der Waals surface area contributed by atoms with Crippen LogP contribution < -0.4 is 10.6 Å². The molecule has 0 fully saturated rings. The number of hydrogen-bond acceptors (Lipinski definition) is 4. The molecule has 2 rings (SSSR count). The van der Waals surface area contributed by atoms with Crippen LogP contribution in [0.3, 0.4) is 0 Å². The zero-order valence-electron chi connectivity index (χ0n) is 17.6. The number of aryl methyl sites for hydroxylation is 2. The average molecular weight is 396 g/mol. The number of ether oxygens (including phenoxy) is 1. The molecule has 0 aromatic heterocycles. The lowest BCUT2D eigenvalue weighted by molar-refractivity contribution is -0.126. The first-order valence-electron chi connectivity index (χ1n) is 9.48. The third-order valence-electron chi connectivity index (χ3n) is 4.51. The molecule has 0 saturated heterocycles. The van der Waals surface area contributed by atoms with Gasteiger partial charge in [-0.1, -0.05) is 51.1 Å². The first-order valence-corrected chi connectivity index (χ1v) is 9.48. The van der Waals surface area contributed by atoms with Crippen molar-refractivity contribution in [2.45, 2.75) is 40.0 Å². The fourth-order valence-electron chi connectivity index (χ4n) is 2.75. The van der Waals surface area contributed by atoms with Gasteiger partial charge in [0.2, 0.25) is 5.91 Å². The van der Waals surface area contributed by atoms with Gasteiger partial charge in [0.15, 0.2) is 6.61 Å². The van der Waals surface area contributed by atoms with Gasteiger partial charge in [-0.25, -0.2) is 4.79 Å². The molecule has 0 heterocycles. The summed E-state index contributed by atoms with van der Waals surface area (Å²) in [5, 5.41) is 5.23. The van der Waals surface area contributed by atoms with Crippen molar-refractivity contribution >= 4 is 23.5 Å². The van der Waals surface area contributed by atoms with Crippen molar-refractivity contribution in [3.63, 3.8) is 0 Å². The number of carbonyl (C=O) groups excluding carboxylic acids is 3. The Balaban J connectivity index is 1.79. The van der Waals surface area contributed by atoms with E-state index in [9.17, 15) is 14.4 Å². The Morgan fingerprint density at radius 1 is 0.897 bits per heavy atom. The van der Waals surface area contributed by atoms with Gasteiger partial charge in [-0.2, -0.15) is 0 Å². The molecular formula is C23H28N2O4. The zero-order valence-corrected chi connectivity index (χ0v) is 17.6.